The van der Waals surface area contributed by atoms with E-state index in [1.54, 1.807) is 23.1 Å². The largest absolute Gasteiger partial charge is 0.454 e. The fourth-order valence-electron chi connectivity index (χ4n) is 3.02. The number of nitrogens with one attached hydrogen (secondary N) is 2. The van der Waals surface area contributed by atoms with E-state index in [1.807, 2.05) is 0 Å². The lowest BCUT2D eigenvalue weighted by molar-refractivity contribution is -0.125. The van der Waals surface area contributed by atoms with Crippen LogP contribution in [-0.2, 0) is 9.59 Å². The number of fused-ring (bicyclic) bond motifs is 1. The van der Waals surface area contributed by atoms with Crippen LogP contribution in [0.25, 0.3) is 0 Å². The standard InChI is InChI=1S/C17H21N3O5/c1-11(21)18-6-7-19-16(22)13-3-2-8-20(13)17(23)12-4-5-14-15(9-12)25-10-24-14/h4-5,9,13H,2-3,6-8,10H2,1H3,(H,18,21)(H,19,22)/t13-/m0/s1. The number of nitrogens with zero attached hydrogens (tertiary/aromatic N) is 1. The van der Waals surface area contributed by atoms with Crippen molar-refractivity contribution in [2.75, 3.05) is 26.4 Å². The van der Waals surface area contributed by atoms with Gasteiger partial charge in [-0.15, -0.1) is 0 Å². The molecule has 0 bridgehead atoms. The number of likely N-dealkylation sites (tertiary alicyclic amines) is 1. The maximum Gasteiger partial charge on any atom is 0.254 e. The Morgan fingerprint density at radius 2 is 1.92 bits per heavy atom. The van der Waals surface area contributed by atoms with Crippen molar-refractivity contribution in [3.63, 3.8) is 0 Å². The summed E-state index contributed by atoms with van der Waals surface area (Å²) in [5.74, 6) is 0.621. The fraction of sp³-hybridized carbons (Fsp3) is 0.471. The van der Waals surface area contributed by atoms with Crippen LogP contribution >= 0.6 is 0 Å². The lowest BCUT2D eigenvalue weighted by Crippen LogP contribution is -2.47. The van der Waals surface area contributed by atoms with E-state index in [0.717, 1.165) is 6.42 Å². The zero-order valence-corrected chi connectivity index (χ0v) is 14.0. The van der Waals surface area contributed by atoms with E-state index in [-0.39, 0.29) is 24.5 Å². The van der Waals surface area contributed by atoms with Crippen LogP contribution in [-0.4, -0.2) is 55.1 Å². The predicted octanol–water partition coefficient (Wildman–Crippen LogP) is 0.272. The summed E-state index contributed by atoms with van der Waals surface area (Å²) in [5.41, 5.74) is 0.474. The second-order valence-corrected chi connectivity index (χ2v) is 6.00. The second kappa shape index (κ2) is 7.42. The average molecular weight is 347 g/mol. The summed E-state index contributed by atoms with van der Waals surface area (Å²) in [6.07, 6.45) is 1.41. The van der Waals surface area contributed by atoms with Crippen LogP contribution in [0.1, 0.15) is 30.1 Å². The summed E-state index contributed by atoms with van der Waals surface area (Å²) in [5, 5.41) is 5.38. The van der Waals surface area contributed by atoms with Gasteiger partial charge in [0.05, 0.1) is 0 Å². The molecule has 0 radical (unpaired) electrons. The van der Waals surface area contributed by atoms with Gasteiger partial charge in [0.25, 0.3) is 5.91 Å². The molecule has 2 aliphatic rings. The number of benzene rings is 1. The molecule has 1 atom stereocenters. The lowest BCUT2D eigenvalue weighted by Gasteiger charge is -2.24. The molecule has 3 amide bonds. The molecule has 0 saturated carbocycles. The number of amides is 3. The van der Waals surface area contributed by atoms with Gasteiger partial charge in [0.1, 0.15) is 6.04 Å². The SMILES string of the molecule is CC(=O)NCCNC(=O)[C@@H]1CCCN1C(=O)c1ccc2c(c1)OCO2. The summed E-state index contributed by atoms with van der Waals surface area (Å²) in [7, 11) is 0. The highest BCUT2D eigenvalue weighted by Gasteiger charge is 2.34. The van der Waals surface area contributed by atoms with Gasteiger partial charge >= 0.3 is 0 Å². The average Bonchev–Trinajstić information content (AvgIpc) is 3.25. The molecule has 8 nitrogen and oxygen atoms in total. The first-order valence-corrected chi connectivity index (χ1v) is 8.29. The Kier molecular flexibility index (Phi) is 5.06. The second-order valence-electron chi connectivity index (χ2n) is 6.00. The van der Waals surface area contributed by atoms with Gasteiger partial charge < -0.3 is 25.0 Å². The van der Waals surface area contributed by atoms with Crippen molar-refractivity contribution < 1.29 is 23.9 Å². The van der Waals surface area contributed by atoms with Crippen molar-refractivity contribution in [3.8, 4) is 11.5 Å². The maximum atomic E-state index is 12.8. The van der Waals surface area contributed by atoms with Gasteiger partial charge in [-0.3, -0.25) is 14.4 Å². The zero-order chi connectivity index (χ0) is 17.8. The summed E-state index contributed by atoms with van der Waals surface area (Å²) in [6, 6.07) is 4.54. The topological polar surface area (TPSA) is 97.0 Å². The van der Waals surface area contributed by atoms with Crippen LogP contribution in [0, 0.1) is 0 Å². The molecule has 3 rings (SSSR count). The quantitative estimate of drug-likeness (QED) is 0.746. The number of ether oxygens (including phenoxy) is 2. The Labute approximate surface area is 145 Å². The number of rotatable bonds is 5. The predicted molar refractivity (Wildman–Crippen MR) is 88.3 cm³/mol. The van der Waals surface area contributed by atoms with Crippen LogP contribution in [0.4, 0.5) is 0 Å². The number of carbonyl (C=O) groups is 3. The Balaban J connectivity index is 1.61. The molecule has 2 aliphatic heterocycles. The molecule has 2 N–H and O–H groups in total. The molecule has 8 heteroatoms. The van der Waals surface area contributed by atoms with Crippen LogP contribution in [0.2, 0.25) is 0 Å². The van der Waals surface area contributed by atoms with Crippen molar-refractivity contribution in [2.45, 2.75) is 25.8 Å². The monoisotopic (exact) mass is 347 g/mol. The van der Waals surface area contributed by atoms with Gasteiger partial charge in [0, 0.05) is 32.1 Å². The van der Waals surface area contributed by atoms with Gasteiger partial charge in [0.15, 0.2) is 11.5 Å². The van der Waals surface area contributed by atoms with Crippen LogP contribution < -0.4 is 20.1 Å². The van der Waals surface area contributed by atoms with Gasteiger partial charge in [-0.05, 0) is 31.0 Å². The maximum absolute atomic E-state index is 12.8. The van der Waals surface area contributed by atoms with Gasteiger partial charge in [-0.25, -0.2) is 0 Å². The Bertz CT molecular complexity index is 691. The van der Waals surface area contributed by atoms with E-state index in [2.05, 4.69) is 10.6 Å². The summed E-state index contributed by atoms with van der Waals surface area (Å²) in [6.45, 7) is 2.81. The first-order valence-electron chi connectivity index (χ1n) is 8.29. The molecule has 0 spiro atoms. The molecule has 0 aromatic heterocycles. The lowest BCUT2D eigenvalue weighted by atomic mass is 10.1. The first-order chi connectivity index (χ1) is 12.1. The minimum Gasteiger partial charge on any atom is -0.454 e. The third kappa shape index (κ3) is 3.84. The van der Waals surface area contributed by atoms with Gasteiger partial charge in [-0.2, -0.15) is 0 Å². The van der Waals surface area contributed by atoms with Gasteiger partial charge in [0.2, 0.25) is 18.6 Å². The minimum atomic E-state index is -0.491. The highest BCUT2D eigenvalue weighted by Crippen LogP contribution is 2.33. The molecule has 2 heterocycles. The van der Waals surface area contributed by atoms with Crippen LogP contribution in [0.3, 0.4) is 0 Å². The van der Waals surface area contributed by atoms with Crippen molar-refractivity contribution in [3.05, 3.63) is 23.8 Å². The van der Waals surface area contributed by atoms with E-state index in [0.29, 0.717) is 43.1 Å². The summed E-state index contributed by atoms with van der Waals surface area (Å²) < 4.78 is 10.6. The van der Waals surface area contributed by atoms with Crippen LogP contribution in [0.5, 0.6) is 11.5 Å². The molecule has 0 aliphatic carbocycles. The fourth-order valence-corrected chi connectivity index (χ4v) is 3.02. The molecular weight excluding hydrogens is 326 g/mol. The molecule has 0 unspecified atom stereocenters. The molecule has 1 saturated heterocycles. The Morgan fingerprint density at radius 3 is 2.72 bits per heavy atom. The molecule has 25 heavy (non-hydrogen) atoms. The number of hydrogen-bond donors (Lipinski definition) is 2. The molecule has 1 aromatic carbocycles. The zero-order valence-electron chi connectivity index (χ0n) is 14.0. The van der Waals surface area contributed by atoms with Crippen molar-refractivity contribution in [2.24, 2.45) is 0 Å². The third-order valence-electron chi connectivity index (χ3n) is 4.23. The summed E-state index contributed by atoms with van der Waals surface area (Å²) >= 11 is 0. The van der Waals surface area contributed by atoms with Crippen molar-refractivity contribution >= 4 is 17.7 Å². The smallest absolute Gasteiger partial charge is 0.254 e. The molecule has 1 fully saturated rings. The number of carbonyl (C=O) groups excluding carboxylic acids is 3. The van der Waals surface area contributed by atoms with E-state index >= 15 is 0 Å². The van der Waals surface area contributed by atoms with Crippen molar-refractivity contribution in [1.82, 2.24) is 15.5 Å². The minimum absolute atomic E-state index is 0.144. The normalized spacial score (nSPS) is 18.1. The molecule has 1 aromatic rings. The van der Waals surface area contributed by atoms with Crippen LogP contribution in [0.15, 0.2) is 18.2 Å². The van der Waals surface area contributed by atoms with Crippen molar-refractivity contribution in [1.29, 1.82) is 0 Å². The Hall–Kier alpha value is -2.77. The van der Waals surface area contributed by atoms with E-state index in [9.17, 15) is 14.4 Å². The third-order valence-corrected chi connectivity index (χ3v) is 4.23. The molecular formula is C17H21N3O5. The number of hydrogen-bond acceptors (Lipinski definition) is 5. The van der Waals surface area contributed by atoms with E-state index in [1.165, 1.54) is 6.92 Å². The van der Waals surface area contributed by atoms with Gasteiger partial charge in [-0.1, -0.05) is 0 Å². The molecule has 134 valence electrons. The highest BCUT2D eigenvalue weighted by molar-refractivity contribution is 5.98. The summed E-state index contributed by atoms with van der Waals surface area (Å²) in [4.78, 5) is 37.6. The Morgan fingerprint density at radius 1 is 1.16 bits per heavy atom. The first kappa shape index (κ1) is 17.1. The van der Waals surface area contributed by atoms with E-state index < -0.39 is 6.04 Å². The highest BCUT2D eigenvalue weighted by atomic mass is 16.7. The van der Waals surface area contributed by atoms with E-state index in [4.69, 9.17) is 9.47 Å².